The third-order valence-corrected chi connectivity index (χ3v) is 7.54. The smallest absolute Gasteiger partial charge is 0.331 e. The van der Waals surface area contributed by atoms with Crippen LogP contribution in [0.3, 0.4) is 0 Å². The highest BCUT2D eigenvalue weighted by atomic mass is 35.5. The number of carbonyl (C=O) groups excluding carboxylic acids is 4. The van der Waals surface area contributed by atoms with Gasteiger partial charge in [-0.15, -0.1) is 0 Å². The number of esters is 2. The van der Waals surface area contributed by atoms with Crippen molar-refractivity contribution in [2.45, 2.75) is 38.9 Å². The van der Waals surface area contributed by atoms with Crippen molar-refractivity contribution in [2.75, 3.05) is 32.1 Å². The fourth-order valence-electron chi connectivity index (χ4n) is 4.86. The van der Waals surface area contributed by atoms with Crippen LogP contribution in [0.25, 0.3) is 0 Å². The normalized spacial score (nSPS) is 12.9. The van der Waals surface area contributed by atoms with E-state index in [1.807, 2.05) is 54.6 Å². The molecule has 1 aliphatic rings. The minimum absolute atomic E-state index is 0.00882. The second-order valence-corrected chi connectivity index (χ2v) is 10.6. The first-order valence-electron chi connectivity index (χ1n) is 14.4. The Morgan fingerprint density at radius 1 is 0.909 bits per heavy atom. The summed E-state index contributed by atoms with van der Waals surface area (Å²) in [5.74, 6) is -1.48. The Balaban J connectivity index is 1.54. The Labute approximate surface area is 262 Å². The predicted molar refractivity (Wildman–Crippen MR) is 169 cm³/mol. The molecule has 1 aliphatic heterocycles. The molecule has 230 valence electrons. The number of ether oxygens (including phenoxy) is 2. The number of carbonyl (C=O) groups is 4. The zero-order valence-electron chi connectivity index (χ0n) is 24.8. The lowest BCUT2D eigenvalue weighted by Crippen LogP contribution is -2.44. The van der Waals surface area contributed by atoms with Gasteiger partial charge >= 0.3 is 11.9 Å². The Morgan fingerprint density at radius 3 is 2.25 bits per heavy atom. The van der Waals surface area contributed by atoms with Crippen molar-refractivity contribution in [3.05, 3.63) is 112 Å². The van der Waals surface area contributed by atoms with Gasteiger partial charge in [-0.2, -0.15) is 0 Å². The number of amides is 1. The van der Waals surface area contributed by atoms with Crippen LogP contribution >= 0.6 is 11.6 Å². The lowest BCUT2D eigenvalue weighted by atomic mass is 9.99. The number of rotatable bonds is 14. The molecule has 1 amide bonds. The van der Waals surface area contributed by atoms with E-state index in [9.17, 15) is 19.2 Å². The highest BCUT2D eigenvalue weighted by Crippen LogP contribution is 2.24. The molecule has 0 spiro atoms. The van der Waals surface area contributed by atoms with Gasteiger partial charge in [-0.1, -0.05) is 48.0 Å². The van der Waals surface area contributed by atoms with Crippen LogP contribution in [0.5, 0.6) is 0 Å². The molecule has 1 atom stereocenters. The van der Waals surface area contributed by atoms with Gasteiger partial charge in [0, 0.05) is 54.4 Å². The fraction of sp³-hybridized carbons (Fsp3) is 0.294. The van der Waals surface area contributed by atoms with Crippen molar-refractivity contribution >= 4 is 40.9 Å². The summed E-state index contributed by atoms with van der Waals surface area (Å²) in [4.78, 5) is 52.7. The summed E-state index contributed by atoms with van der Waals surface area (Å²) in [5, 5.41) is 7.02. The van der Waals surface area contributed by atoms with E-state index < -0.39 is 17.8 Å². The maximum absolute atomic E-state index is 13.4. The van der Waals surface area contributed by atoms with Crippen LogP contribution in [0.4, 0.5) is 5.69 Å². The number of Topliss-reactive ketones (excluding diaryl/α,β-unsaturated/α-hetero) is 1. The molecule has 44 heavy (non-hydrogen) atoms. The van der Waals surface area contributed by atoms with Gasteiger partial charge in [0.05, 0.1) is 13.7 Å². The Morgan fingerprint density at radius 2 is 1.59 bits per heavy atom. The number of nitrogens with zero attached hydrogens (tertiary/aromatic N) is 1. The molecule has 3 aromatic rings. The number of methoxy groups -OCH3 is 1. The van der Waals surface area contributed by atoms with Gasteiger partial charge in [0.2, 0.25) is 0 Å². The first kappa shape index (κ1) is 32.4. The molecule has 3 aromatic carbocycles. The van der Waals surface area contributed by atoms with E-state index in [-0.39, 0.29) is 31.4 Å². The summed E-state index contributed by atoms with van der Waals surface area (Å²) >= 11 is 5.99. The zero-order chi connectivity index (χ0) is 31.5. The number of benzene rings is 3. The maximum Gasteiger partial charge on any atom is 0.331 e. The van der Waals surface area contributed by atoms with Crippen molar-refractivity contribution in [2.24, 2.45) is 0 Å². The van der Waals surface area contributed by atoms with Gasteiger partial charge in [0.15, 0.2) is 11.8 Å². The predicted octanol–water partition coefficient (Wildman–Crippen LogP) is 4.97. The Kier molecular flexibility index (Phi) is 11.7. The van der Waals surface area contributed by atoms with Gasteiger partial charge in [0.25, 0.3) is 5.91 Å². The van der Waals surface area contributed by atoms with Crippen LogP contribution in [-0.4, -0.2) is 61.4 Å². The van der Waals surface area contributed by atoms with Crippen molar-refractivity contribution in [3.63, 3.8) is 0 Å². The average Bonchev–Trinajstić information content (AvgIpc) is 3.59. The van der Waals surface area contributed by atoms with E-state index in [1.165, 1.54) is 7.11 Å². The summed E-state index contributed by atoms with van der Waals surface area (Å²) in [6, 6.07) is 18.2. The van der Waals surface area contributed by atoms with Crippen LogP contribution in [0.1, 0.15) is 50.8 Å². The zero-order valence-corrected chi connectivity index (χ0v) is 25.6. The van der Waals surface area contributed by atoms with Crippen LogP contribution in [0.15, 0.2) is 78.9 Å². The summed E-state index contributed by atoms with van der Waals surface area (Å²) in [5.41, 5.74) is 4.33. The number of hydrogen-bond acceptors (Lipinski definition) is 8. The first-order valence-corrected chi connectivity index (χ1v) is 14.8. The second-order valence-electron chi connectivity index (χ2n) is 10.2. The molecule has 1 unspecified atom stereocenters. The number of nitrogens with one attached hydrogen (secondary N) is 2. The third-order valence-electron chi connectivity index (χ3n) is 7.28. The van der Waals surface area contributed by atoms with Gasteiger partial charge in [0.1, 0.15) is 0 Å². The van der Waals surface area contributed by atoms with Crippen LogP contribution in [-0.2, 0) is 38.6 Å². The molecular weight excluding hydrogens is 582 g/mol. The van der Waals surface area contributed by atoms with Crippen molar-refractivity contribution in [1.82, 2.24) is 10.2 Å². The molecule has 0 aliphatic carbocycles. The van der Waals surface area contributed by atoms with Crippen molar-refractivity contribution in [3.8, 4) is 0 Å². The lowest BCUT2D eigenvalue weighted by molar-refractivity contribution is -0.144. The van der Waals surface area contributed by atoms with E-state index in [0.29, 0.717) is 42.2 Å². The minimum Gasteiger partial charge on any atom is -0.469 e. The van der Waals surface area contributed by atoms with Crippen molar-refractivity contribution in [1.29, 1.82) is 0 Å². The van der Waals surface area contributed by atoms with Crippen LogP contribution < -0.4 is 10.6 Å². The molecular formula is C34H36ClN3O6. The number of aryl methyl sites for hydroxylation is 1. The van der Waals surface area contributed by atoms with E-state index in [4.69, 9.17) is 21.1 Å². The first-order chi connectivity index (χ1) is 21.3. The highest BCUT2D eigenvalue weighted by Gasteiger charge is 2.29. The van der Waals surface area contributed by atoms with E-state index in [2.05, 4.69) is 10.6 Å². The molecule has 2 N–H and O–H groups in total. The Hall–Kier alpha value is -4.47. The SMILES string of the molecule is CCOC(=O)C(NCc1c(CCC(=O)OC)cccc1NCc1ccc(C(=O)N2CC=CC2)cc1)C(=O)c1ccc(Cl)cc1. The number of anilines is 1. The van der Waals surface area contributed by atoms with Gasteiger partial charge in [-0.05, 0) is 72.5 Å². The highest BCUT2D eigenvalue weighted by molar-refractivity contribution is 6.30. The van der Waals surface area contributed by atoms with Gasteiger partial charge in [-0.3, -0.25) is 19.7 Å². The molecule has 0 aromatic heterocycles. The van der Waals surface area contributed by atoms with Crippen LogP contribution in [0, 0.1) is 0 Å². The molecule has 0 fully saturated rings. The summed E-state index contributed by atoms with van der Waals surface area (Å²) in [7, 11) is 1.34. The maximum atomic E-state index is 13.4. The molecule has 0 saturated heterocycles. The molecule has 4 rings (SSSR count). The largest absolute Gasteiger partial charge is 0.469 e. The fourth-order valence-corrected chi connectivity index (χ4v) is 4.99. The lowest BCUT2D eigenvalue weighted by Gasteiger charge is -2.21. The van der Waals surface area contributed by atoms with Crippen molar-refractivity contribution < 1.29 is 28.7 Å². The topological polar surface area (TPSA) is 114 Å². The molecule has 0 saturated carbocycles. The number of ketones is 1. The monoisotopic (exact) mass is 617 g/mol. The third kappa shape index (κ3) is 8.55. The van der Waals surface area contributed by atoms with E-state index in [0.717, 1.165) is 22.4 Å². The van der Waals surface area contributed by atoms with E-state index in [1.54, 1.807) is 36.1 Å². The van der Waals surface area contributed by atoms with Crippen LogP contribution in [0.2, 0.25) is 5.02 Å². The molecule has 9 nitrogen and oxygen atoms in total. The molecule has 0 bridgehead atoms. The Bertz CT molecular complexity index is 1500. The van der Waals surface area contributed by atoms with Gasteiger partial charge < -0.3 is 19.7 Å². The average molecular weight is 618 g/mol. The summed E-state index contributed by atoms with van der Waals surface area (Å²) < 4.78 is 10.1. The summed E-state index contributed by atoms with van der Waals surface area (Å²) in [6.07, 6.45) is 4.52. The standard InChI is InChI=1S/C34H36ClN3O6/c1-3-44-34(42)31(32(40)25-13-16-27(35)17-14-25)37-22-28-24(15-18-30(39)43-2)7-6-8-29(28)36-21-23-9-11-26(12-10-23)33(41)38-19-4-5-20-38/h4-14,16-17,31,36-37H,3,15,18-22H2,1-2H3. The molecule has 1 heterocycles. The number of halogens is 1. The number of hydrogen-bond donors (Lipinski definition) is 2. The quantitative estimate of drug-likeness (QED) is 0.113. The molecule has 0 radical (unpaired) electrons. The minimum atomic E-state index is -1.26. The molecule has 10 heteroatoms. The summed E-state index contributed by atoms with van der Waals surface area (Å²) in [6.45, 7) is 3.63. The second kappa shape index (κ2) is 15.8. The van der Waals surface area contributed by atoms with E-state index >= 15 is 0 Å². The van der Waals surface area contributed by atoms with Gasteiger partial charge in [-0.25, -0.2) is 4.79 Å².